The van der Waals surface area contributed by atoms with Gasteiger partial charge in [-0.15, -0.1) is 0 Å². The van der Waals surface area contributed by atoms with Gasteiger partial charge in [-0.25, -0.2) is 9.18 Å². The van der Waals surface area contributed by atoms with Gasteiger partial charge in [-0.3, -0.25) is 4.79 Å². The molecule has 0 saturated heterocycles. The normalized spacial score (nSPS) is 11.0. The maximum atomic E-state index is 14.1. The molecule has 2 aromatic carbocycles. The Kier molecular flexibility index (Phi) is 7.42. The quantitative estimate of drug-likeness (QED) is 0.464. The topological polar surface area (TPSA) is 109 Å². The summed E-state index contributed by atoms with van der Waals surface area (Å²) in [6.07, 6.45) is 0.957. The first-order chi connectivity index (χ1) is 15.7. The number of anilines is 2. The minimum atomic E-state index is -1.35. The number of benzene rings is 2. The third-order valence-corrected chi connectivity index (χ3v) is 4.86. The molecular formula is C24H27FN4O4. The van der Waals surface area contributed by atoms with Crippen molar-refractivity contribution < 1.29 is 23.6 Å². The number of hydrogen-bond donors (Lipinski definition) is 2. The van der Waals surface area contributed by atoms with Crippen molar-refractivity contribution in [1.82, 2.24) is 10.1 Å². The molecule has 1 heterocycles. The summed E-state index contributed by atoms with van der Waals surface area (Å²) in [6, 6.07) is 9.13. The van der Waals surface area contributed by atoms with Crippen molar-refractivity contribution >= 4 is 23.3 Å². The van der Waals surface area contributed by atoms with Gasteiger partial charge in [-0.2, -0.15) is 4.98 Å². The van der Waals surface area contributed by atoms with E-state index in [1.807, 2.05) is 12.1 Å². The Morgan fingerprint density at radius 1 is 1.18 bits per heavy atom. The summed E-state index contributed by atoms with van der Waals surface area (Å²) in [5.41, 5.74) is 1.97. The third kappa shape index (κ3) is 5.74. The molecule has 0 aliphatic carbocycles. The molecule has 0 bridgehead atoms. The van der Waals surface area contributed by atoms with E-state index in [1.54, 1.807) is 6.07 Å². The molecule has 0 spiro atoms. The number of nitrogens with one attached hydrogen (secondary N) is 1. The number of carbonyl (C=O) groups excluding carboxylic acids is 1. The molecule has 0 aliphatic rings. The second kappa shape index (κ2) is 10.2. The fourth-order valence-electron chi connectivity index (χ4n) is 3.54. The number of carbonyl (C=O) groups is 2. The number of amides is 1. The van der Waals surface area contributed by atoms with Crippen molar-refractivity contribution in [3.8, 4) is 22.8 Å². The molecule has 0 saturated carbocycles. The number of carboxylic acids is 1. The molecule has 0 atom stereocenters. The van der Waals surface area contributed by atoms with E-state index in [0.717, 1.165) is 37.3 Å². The molecule has 8 nitrogen and oxygen atoms in total. The van der Waals surface area contributed by atoms with Crippen LogP contribution in [0.2, 0.25) is 0 Å². The zero-order valence-electron chi connectivity index (χ0n) is 19.1. The van der Waals surface area contributed by atoms with Crippen LogP contribution in [-0.4, -0.2) is 40.2 Å². The van der Waals surface area contributed by atoms with E-state index in [4.69, 9.17) is 9.63 Å². The van der Waals surface area contributed by atoms with Gasteiger partial charge in [0.25, 0.3) is 5.89 Å². The van der Waals surface area contributed by atoms with Gasteiger partial charge in [-0.05, 0) is 48.7 Å². The summed E-state index contributed by atoms with van der Waals surface area (Å²) in [5, 5.41) is 15.8. The predicted molar refractivity (Wildman–Crippen MR) is 124 cm³/mol. The van der Waals surface area contributed by atoms with E-state index >= 15 is 0 Å². The Bertz CT molecular complexity index is 1160. The highest BCUT2D eigenvalue weighted by Gasteiger charge is 2.18. The van der Waals surface area contributed by atoms with Gasteiger partial charge in [0, 0.05) is 31.1 Å². The van der Waals surface area contributed by atoms with Crippen LogP contribution < -0.4 is 10.2 Å². The zero-order chi connectivity index (χ0) is 24.1. The van der Waals surface area contributed by atoms with Gasteiger partial charge >= 0.3 is 5.97 Å². The number of hydrogen-bond acceptors (Lipinski definition) is 6. The van der Waals surface area contributed by atoms with Gasteiger partial charge in [-0.1, -0.05) is 25.9 Å². The van der Waals surface area contributed by atoms with Crippen LogP contribution in [0.4, 0.5) is 15.8 Å². The molecule has 2 N–H and O–H groups in total. The molecule has 0 fully saturated rings. The maximum Gasteiger partial charge on any atom is 0.338 e. The number of carboxylic acid groups (broad SMARTS) is 1. The number of halogens is 1. The standard InChI is InChI=1S/C24H27FN4O4/c1-5-10-29(13-14(2)3)21-9-7-17(12-20(21)26-15(4)30)23-27-22(28-33-23)16-6-8-18(24(31)32)19(25)11-16/h6-9,11-12,14H,5,10,13H2,1-4H3,(H,26,30)(H,31,32). The third-order valence-electron chi connectivity index (χ3n) is 4.86. The Morgan fingerprint density at radius 3 is 2.52 bits per heavy atom. The molecule has 9 heteroatoms. The van der Waals surface area contributed by atoms with Gasteiger partial charge < -0.3 is 19.8 Å². The van der Waals surface area contributed by atoms with Crippen LogP contribution in [0.1, 0.15) is 44.5 Å². The first-order valence-electron chi connectivity index (χ1n) is 10.7. The number of aromatic nitrogens is 2. The SMILES string of the molecule is CCCN(CC(C)C)c1ccc(-c2nc(-c3ccc(C(=O)O)c(F)c3)no2)cc1NC(C)=O. The van der Waals surface area contributed by atoms with E-state index in [1.165, 1.54) is 13.0 Å². The van der Waals surface area contributed by atoms with Crippen molar-refractivity contribution in [2.24, 2.45) is 5.92 Å². The summed E-state index contributed by atoms with van der Waals surface area (Å²) >= 11 is 0. The fourth-order valence-corrected chi connectivity index (χ4v) is 3.54. The smallest absolute Gasteiger partial charge is 0.338 e. The monoisotopic (exact) mass is 454 g/mol. The zero-order valence-corrected chi connectivity index (χ0v) is 19.1. The van der Waals surface area contributed by atoms with E-state index in [0.29, 0.717) is 17.2 Å². The summed E-state index contributed by atoms with van der Waals surface area (Å²) in [5.74, 6) is -1.68. The second-order valence-electron chi connectivity index (χ2n) is 8.18. The first-order valence-corrected chi connectivity index (χ1v) is 10.7. The average Bonchev–Trinajstić information content (AvgIpc) is 3.22. The Morgan fingerprint density at radius 2 is 1.91 bits per heavy atom. The predicted octanol–water partition coefficient (Wildman–Crippen LogP) is 5.07. The van der Waals surface area contributed by atoms with Crippen LogP contribution >= 0.6 is 0 Å². The maximum absolute atomic E-state index is 14.1. The van der Waals surface area contributed by atoms with Crippen LogP contribution in [0.3, 0.4) is 0 Å². The van der Waals surface area contributed by atoms with Crippen LogP contribution in [-0.2, 0) is 4.79 Å². The Balaban J connectivity index is 1.97. The van der Waals surface area contributed by atoms with Crippen LogP contribution in [0.15, 0.2) is 40.9 Å². The van der Waals surface area contributed by atoms with Gasteiger partial charge in [0.2, 0.25) is 11.7 Å². The number of rotatable bonds is 9. The highest BCUT2D eigenvalue weighted by molar-refractivity contribution is 5.94. The molecule has 174 valence electrons. The molecule has 0 aliphatic heterocycles. The molecule has 0 unspecified atom stereocenters. The molecule has 1 amide bonds. The van der Waals surface area contributed by atoms with Crippen LogP contribution in [0.25, 0.3) is 22.8 Å². The van der Waals surface area contributed by atoms with Gasteiger partial charge in [0.15, 0.2) is 0 Å². The van der Waals surface area contributed by atoms with E-state index < -0.39 is 17.3 Å². The van der Waals surface area contributed by atoms with Crippen molar-refractivity contribution in [2.75, 3.05) is 23.3 Å². The van der Waals surface area contributed by atoms with E-state index in [9.17, 15) is 14.0 Å². The number of nitrogens with zero attached hydrogens (tertiary/aromatic N) is 3. The summed E-state index contributed by atoms with van der Waals surface area (Å²) in [6.45, 7) is 9.51. The van der Waals surface area contributed by atoms with Crippen molar-refractivity contribution in [1.29, 1.82) is 0 Å². The molecule has 0 radical (unpaired) electrons. The molecule has 3 rings (SSSR count). The van der Waals surface area contributed by atoms with Crippen LogP contribution in [0.5, 0.6) is 0 Å². The van der Waals surface area contributed by atoms with E-state index in [-0.39, 0.29) is 23.2 Å². The van der Waals surface area contributed by atoms with Crippen molar-refractivity contribution in [3.63, 3.8) is 0 Å². The Labute approximate surface area is 191 Å². The minimum absolute atomic E-state index is 0.124. The lowest BCUT2D eigenvalue weighted by atomic mass is 10.1. The Hall–Kier alpha value is -3.75. The highest BCUT2D eigenvalue weighted by Crippen LogP contribution is 2.33. The summed E-state index contributed by atoms with van der Waals surface area (Å²) in [4.78, 5) is 29.4. The van der Waals surface area contributed by atoms with E-state index in [2.05, 4.69) is 41.1 Å². The summed E-state index contributed by atoms with van der Waals surface area (Å²) < 4.78 is 19.4. The molecule has 1 aromatic heterocycles. The molecule has 33 heavy (non-hydrogen) atoms. The molecule has 3 aromatic rings. The fraction of sp³-hybridized carbons (Fsp3) is 0.333. The lowest BCUT2D eigenvalue weighted by molar-refractivity contribution is -0.114. The second-order valence-corrected chi connectivity index (χ2v) is 8.18. The van der Waals surface area contributed by atoms with Gasteiger partial charge in [0.1, 0.15) is 5.82 Å². The highest BCUT2D eigenvalue weighted by atomic mass is 19.1. The minimum Gasteiger partial charge on any atom is -0.478 e. The number of aromatic carboxylic acids is 1. The van der Waals surface area contributed by atoms with Gasteiger partial charge in [0.05, 0.1) is 16.9 Å². The average molecular weight is 455 g/mol. The van der Waals surface area contributed by atoms with Crippen molar-refractivity contribution in [2.45, 2.75) is 34.1 Å². The largest absolute Gasteiger partial charge is 0.478 e. The first kappa shape index (κ1) is 23.9. The molecular weight excluding hydrogens is 427 g/mol. The lowest BCUT2D eigenvalue weighted by Crippen LogP contribution is -2.29. The van der Waals surface area contributed by atoms with Crippen molar-refractivity contribution in [3.05, 3.63) is 47.8 Å². The van der Waals surface area contributed by atoms with Crippen LogP contribution in [0, 0.1) is 11.7 Å². The lowest BCUT2D eigenvalue weighted by Gasteiger charge is -2.28. The summed E-state index contributed by atoms with van der Waals surface area (Å²) in [7, 11) is 0.